The first kappa shape index (κ1) is 5.53. The predicted octanol–water partition coefficient (Wildman–Crippen LogP) is 0.968. The summed E-state index contributed by atoms with van der Waals surface area (Å²) in [5, 5.41) is 1.12. The molecule has 0 bridgehead atoms. The zero-order chi connectivity index (χ0) is 6.97. The van der Waals surface area contributed by atoms with Crippen molar-refractivity contribution in [3.05, 3.63) is 30.7 Å². The van der Waals surface area contributed by atoms with Crippen molar-refractivity contribution in [1.29, 1.82) is 0 Å². The standard InChI is InChI=1S/C7H5BN2/c8-10-4-2-6-1-3-9-5-7(6)10/h1-5H. The van der Waals surface area contributed by atoms with Crippen LogP contribution in [0.3, 0.4) is 0 Å². The molecule has 0 aliphatic carbocycles. The molecule has 2 radical (unpaired) electrons. The van der Waals surface area contributed by atoms with E-state index in [0.717, 1.165) is 10.9 Å². The van der Waals surface area contributed by atoms with Crippen molar-refractivity contribution in [1.82, 2.24) is 9.46 Å². The topological polar surface area (TPSA) is 17.8 Å². The number of fused-ring (bicyclic) bond motifs is 1. The predicted molar refractivity (Wildman–Crippen MR) is 40.9 cm³/mol. The van der Waals surface area contributed by atoms with E-state index in [9.17, 15) is 0 Å². The summed E-state index contributed by atoms with van der Waals surface area (Å²) in [5.41, 5.74) is 0.961. The molecule has 0 saturated carbocycles. The number of aromatic nitrogens is 2. The largest absolute Gasteiger partial charge is 0.402 e. The van der Waals surface area contributed by atoms with Crippen molar-refractivity contribution in [3.8, 4) is 0 Å². The van der Waals surface area contributed by atoms with E-state index in [4.69, 9.17) is 7.98 Å². The van der Waals surface area contributed by atoms with E-state index in [1.165, 1.54) is 0 Å². The maximum absolute atomic E-state index is 5.55. The molecule has 0 aliphatic heterocycles. The van der Waals surface area contributed by atoms with Crippen LogP contribution in [0.2, 0.25) is 0 Å². The van der Waals surface area contributed by atoms with Crippen molar-refractivity contribution in [2.75, 3.05) is 0 Å². The van der Waals surface area contributed by atoms with Crippen LogP contribution >= 0.6 is 0 Å². The minimum atomic E-state index is 0.961. The summed E-state index contributed by atoms with van der Waals surface area (Å²) in [6, 6.07) is 3.88. The van der Waals surface area contributed by atoms with Crippen molar-refractivity contribution in [2.45, 2.75) is 0 Å². The first-order chi connectivity index (χ1) is 4.88. The van der Waals surface area contributed by atoms with Crippen LogP contribution in [0.4, 0.5) is 0 Å². The number of hydrogen-bond acceptors (Lipinski definition) is 1. The van der Waals surface area contributed by atoms with Crippen LogP contribution in [0.1, 0.15) is 0 Å². The Balaban J connectivity index is 2.93. The Morgan fingerprint density at radius 1 is 1.40 bits per heavy atom. The normalized spacial score (nSPS) is 10.4. The zero-order valence-electron chi connectivity index (χ0n) is 5.36. The Morgan fingerprint density at radius 3 is 3.10 bits per heavy atom. The van der Waals surface area contributed by atoms with Crippen LogP contribution < -0.4 is 0 Å². The summed E-state index contributed by atoms with van der Waals surface area (Å²) in [4.78, 5) is 3.95. The second-order valence-corrected chi connectivity index (χ2v) is 2.16. The summed E-state index contributed by atoms with van der Waals surface area (Å²) >= 11 is 0. The van der Waals surface area contributed by atoms with E-state index in [1.54, 1.807) is 16.9 Å². The smallest absolute Gasteiger partial charge is 0.234 e. The fourth-order valence-electron chi connectivity index (χ4n) is 0.994. The van der Waals surface area contributed by atoms with E-state index in [0.29, 0.717) is 0 Å². The number of rotatable bonds is 0. The molecule has 3 heteroatoms. The van der Waals surface area contributed by atoms with Crippen molar-refractivity contribution < 1.29 is 0 Å². The van der Waals surface area contributed by atoms with Gasteiger partial charge in [0.15, 0.2) is 0 Å². The number of hydrogen-bond donors (Lipinski definition) is 0. The van der Waals surface area contributed by atoms with E-state index in [1.807, 2.05) is 18.3 Å². The highest BCUT2D eigenvalue weighted by Gasteiger charge is 1.92. The van der Waals surface area contributed by atoms with Crippen molar-refractivity contribution in [3.63, 3.8) is 0 Å². The maximum Gasteiger partial charge on any atom is 0.234 e. The van der Waals surface area contributed by atoms with Crippen LogP contribution in [0.5, 0.6) is 0 Å². The SMILES string of the molecule is [B]n1ccc2ccncc21. The van der Waals surface area contributed by atoms with E-state index < -0.39 is 0 Å². The maximum atomic E-state index is 5.55. The fourth-order valence-corrected chi connectivity index (χ4v) is 0.994. The van der Waals surface area contributed by atoms with Gasteiger partial charge in [-0.3, -0.25) is 4.98 Å². The first-order valence-electron chi connectivity index (χ1n) is 3.04. The van der Waals surface area contributed by atoms with Gasteiger partial charge in [-0.1, -0.05) is 0 Å². The molecule has 0 atom stereocenters. The van der Waals surface area contributed by atoms with Gasteiger partial charge in [-0.25, -0.2) is 0 Å². The molecule has 2 aromatic heterocycles. The van der Waals surface area contributed by atoms with E-state index >= 15 is 0 Å². The number of nitrogens with zero attached hydrogens (tertiary/aromatic N) is 2. The lowest BCUT2D eigenvalue weighted by Crippen LogP contribution is -1.86. The van der Waals surface area contributed by atoms with Crippen LogP contribution in [-0.4, -0.2) is 17.4 Å². The van der Waals surface area contributed by atoms with Crippen LogP contribution in [0.15, 0.2) is 30.7 Å². The highest BCUT2D eigenvalue weighted by molar-refractivity contribution is 6.11. The lowest BCUT2D eigenvalue weighted by Gasteiger charge is -1.92. The molecular weight excluding hydrogens is 123 g/mol. The summed E-state index contributed by atoms with van der Waals surface area (Å²) < 4.78 is 1.56. The molecule has 0 fully saturated rings. The third-order valence-corrected chi connectivity index (χ3v) is 1.53. The fraction of sp³-hybridized carbons (Fsp3) is 0. The molecule has 0 spiro atoms. The van der Waals surface area contributed by atoms with Crippen LogP contribution in [0, 0.1) is 0 Å². The van der Waals surface area contributed by atoms with Gasteiger partial charge < -0.3 is 4.48 Å². The zero-order valence-corrected chi connectivity index (χ0v) is 5.36. The molecule has 2 rings (SSSR count). The highest BCUT2D eigenvalue weighted by atomic mass is 14.9. The van der Waals surface area contributed by atoms with Crippen molar-refractivity contribution >= 4 is 18.9 Å². The Morgan fingerprint density at radius 2 is 2.30 bits per heavy atom. The van der Waals surface area contributed by atoms with E-state index in [-0.39, 0.29) is 0 Å². The third-order valence-electron chi connectivity index (χ3n) is 1.53. The number of pyridine rings is 1. The van der Waals surface area contributed by atoms with E-state index in [2.05, 4.69) is 4.98 Å². The molecule has 2 aromatic rings. The van der Waals surface area contributed by atoms with Crippen LogP contribution in [0.25, 0.3) is 10.9 Å². The monoisotopic (exact) mass is 128 g/mol. The minimum Gasteiger partial charge on any atom is -0.402 e. The first-order valence-corrected chi connectivity index (χ1v) is 3.04. The van der Waals surface area contributed by atoms with Gasteiger partial charge in [0.25, 0.3) is 0 Å². The summed E-state index contributed by atoms with van der Waals surface area (Å²) in [6.07, 6.45) is 5.31. The lowest BCUT2D eigenvalue weighted by atomic mass is 10.3. The molecule has 2 heterocycles. The molecule has 0 unspecified atom stereocenters. The Bertz CT molecular complexity index is 353. The average Bonchev–Trinajstić information content (AvgIpc) is 2.34. The molecule has 0 aromatic carbocycles. The Hall–Kier alpha value is -1.25. The molecule has 0 amide bonds. The molecule has 0 saturated heterocycles. The summed E-state index contributed by atoms with van der Waals surface area (Å²) in [5.74, 6) is 0. The molecule has 2 nitrogen and oxygen atoms in total. The Kier molecular flexibility index (Phi) is 1.03. The summed E-state index contributed by atoms with van der Waals surface area (Å²) in [7, 11) is 5.55. The molecule has 0 aliphatic rings. The molecule has 46 valence electrons. The third kappa shape index (κ3) is 0.636. The van der Waals surface area contributed by atoms with Gasteiger partial charge in [-0.05, 0) is 18.3 Å². The highest BCUT2D eigenvalue weighted by Crippen LogP contribution is 2.10. The Labute approximate surface area is 59.9 Å². The van der Waals surface area contributed by atoms with Gasteiger partial charge in [0.2, 0.25) is 7.98 Å². The van der Waals surface area contributed by atoms with Crippen molar-refractivity contribution in [2.24, 2.45) is 0 Å². The van der Waals surface area contributed by atoms with Gasteiger partial charge in [0, 0.05) is 17.8 Å². The van der Waals surface area contributed by atoms with Gasteiger partial charge in [0.1, 0.15) is 0 Å². The second kappa shape index (κ2) is 1.87. The second-order valence-electron chi connectivity index (χ2n) is 2.16. The lowest BCUT2D eigenvalue weighted by molar-refractivity contribution is 1.28. The quantitative estimate of drug-likeness (QED) is 0.483. The van der Waals surface area contributed by atoms with Gasteiger partial charge in [-0.15, -0.1) is 0 Å². The average molecular weight is 128 g/mol. The minimum absolute atomic E-state index is 0.961. The van der Waals surface area contributed by atoms with Gasteiger partial charge >= 0.3 is 0 Å². The molecule has 0 N–H and O–H groups in total. The molecular formula is C7H5BN2. The van der Waals surface area contributed by atoms with Gasteiger partial charge in [-0.2, -0.15) is 0 Å². The van der Waals surface area contributed by atoms with Gasteiger partial charge in [0.05, 0.1) is 5.52 Å². The van der Waals surface area contributed by atoms with Crippen LogP contribution in [-0.2, 0) is 0 Å². The molecule has 10 heavy (non-hydrogen) atoms. The summed E-state index contributed by atoms with van der Waals surface area (Å²) in [6.45, 7) is 0.